The first-order chi connectivity index (χ1) is 72.5. The first-order valence-corrected chi connectivity index (χ1v) is 51.3. The lowest BCUT2D eigenvalue weighted by atomic mass is 9.30. The Hall–Kier alpha value is -18.4. The van der Waals surface area contributed by atoms with E-state index in [-0.39, 0.29) is 26.9 Å². The molecule has 0 bridgehead atoms. The fourth-order valence-electron chi connectivity index (χ4n) is 25.3. The molecule has 22 aromatic rings. The highest BCUT2D eigenvalue weighted by Crippen LogP contribution is 2.57. The average Bonchev–Trinajstić information content (AvgIpc) is 0.685. The van der Waals surface area contributed by atoms with Gasteiger partial charge < -0.3 is 44.1 Å². The topological polar surface area (TPSA) is 29.2 Å². The molecule has 14 heteroatoms. The van der Waals surface area contributed by atoms with Crippen LogP contribution in [0, 0.1) is 0 Å². The molecule has 0 saturated heterocycles. The molecule has 146 heavy (non-hydrogen) atoms. The molecule has 0 fully saturated rings. The highest BCUT2D eigenvalue weighted by molar-refractivity contribution is 8.00. The first kappa shape index (κ1) is 83.4. The molecule has 0 aromatic heterocycles. The Balaban J connectivity index is 0.661. The Bertz CT molecular complexity index is 8680. The minimum atomic E-state index is -0.283. The normalized spacial score (nSPS) is 13.4. The van der Waals surface area contributed by atoms with E-state index in [9.17, 15) is 0 Å². The first-order valence-electron chi connectivity index (χ1n) is 50.5. The maximum Gasteiger partial charge on any atom is 0.252 e. The minimum absolute atomic E-state index is 0.159. The van der Waals surface area contributed by atoms with Gasteiger partial charge in [0.1, 0.15) is 0 Å². The summed E-state index contributed by atoms with van der Waals surface area (Å²) in [6.45, 7) is -0.850. The van der Waals surface area contributed by atoms with E-state index in [4.69, 9.17) is 0 Å². The lowest BCUT2D eigenvalue weighted by Gasteiger charge is -2.48. The SMILES string of the molecule is c1ccc(N(c2ccccc2)c2cc3c4c(c2)N(c2ccccc2)c2ccccc2B4c2cc4c(cc2S3)N(c2ccccc2)c2cc(N(c3ccccc3)c3ccccc3)cc3c2B4c2ccc(-c4ccc(-c5c6c(cc7c5N(c5ccccc5)c5cccc8c5B7c5ccccc5N8c5ccccc5)B5c7ccccc7N(c7ccccc7)c7cccc(c75)N6c5ccccc5)cc4)cc2N3c2ccccc2)cc1. The molecule has 9 nitrogen and oxygen atoms in total. The van der Waals surface area contributed by atoms with Gasteiger partial charge in [0.25, 0.3) is 20.1 Å². The van der Waals surface area contributed by atoms with Gasteiger partial charge in [-0.15, -0.1) is 0 Å². The number of anilines is 27. The van der Waals surface area contributed by atoms with Crippen LogP contribution in [0.1, 0.15) is 0 Å². The largest absolute Gasteiger partial charge is 0.311 e. The van der Waals surface area contributed by atoms with Crippen LogP contribution in [0.5, 0.6) is 0 Å². The Labute approximate surface area is 855 Å². The smallest absolute Gasteiger partial charge is 0.252 e. The average molecular weight is 1870 g/mol. The van der Waals surface area contributed by atoms with Crippen molar-refractivity contribution in [2.24, 2.45) is 0 Å². The van der Waals surface area contributed by atoms with E-state index in [0.717, 1.165) is 164 Å². The summed E-state index contributed by atoms with van der Waals surface area (Å²) in [4.78, 5) is 25.3. The second-order valence-electron chi connectivity index (χ2n) is 38.8. The fourth-order valence-corrected chi connectivity index (χ4v) is 26.5. The van der Waals surface area contributed by atoms with Crippen molar-refractivity contribution in [1.82, 2.24) is 0 Å². The van der Waals surface area contributed by atoms with Gasteiger partial charge in [-0.3, -0.25) is 0 Å². The molecule has 30 rings (SSSR count). The van der Waals surface area contributed by atoms with Gasteiger partial charge >= 0.3 is 0 Å². The molecule has 0 unspecified atom stereocenters. The lowest BCUT2D eigenvalue weighted by molar-refractivity contribution is 1.22. The second-order valence-corrected chi connectivity index (χ2v) is 39.9. The predicted octanol–water partition coefficient (Wildman–Crippen LogP) is 27.0. The molecule has 0 radical (unpaired) electrons. The summed E-state index contributed by atoms with van der Waals surface area (Å²) >= 11 is 1.91. The summed E-state index contributed by atoms with van der Waals surface area (Å²) in [5.41, 5.74) is 49.5. The third kappa shape index (κ3) is 12.9. The van der Waals surface area contributed by atoms with Crippen molar-refractivity contribution in [3.63, 3.8) is 0 Å². The van der Waals surface area contributed by atoms with Crippen molar-refractivity contribution in [3.05, 3.63) is 528 Å². The Morgan fingerprint density at radius 1 is 0.151 bits per heavy atom. The molecular weight excluding hydrogens is 1790 g/mol. The molecular formula is C132H87B4N9S. The number of fused-ring (bicyclic) bond motifs is 16. The molecule has 8 aliphatic heterocycles. The van der Waals surface area contributed by atoms with E-state index < -0.39 is 0 Å². The molecule has 0 aliphatic carbocycles. The van der Waals surface area contributed by atoms with E-state index in [0.29, 0.717) is 0 Å². The van der Waals surface area contributed by atoms with Crippen molar-refractivity contribution in [3.8, 4) is 22.3 Å². The standard InChI is InChI=1S/C132H87B4N9S/c1-12-42-91(43-13-1)137(92-44-14-2-15-45-92)102-81-121-129-122(82-102)143(99-58-28-9-29-59-99)120-87-124-109(134-104-64-34-39-69-114(104)141(97-54-24-7-25-55-97)123-83-103(84-125(146-124)130(123)134)138(93-46-16-3-17-47-93)94-48-18-4-19-49-94)85-108(120)133(129)107-79-78-90(80-119(107)142(121)98-56-26-8-27-57-98)88-74-76-89(77-75-88)126-131-110(135-105-65-35-37-67-112(105)139(95-50-20-5-21-51-95)115-70-40-72-117(127(115)135)144(131)100-60-30-10-31-61-100)86-111-132(126)145(101-62-32-11-33-63-101)118-73-41-71-116-128(118)136(111)106-66-36-38-68-113(106)140(116)96-52-22-6-23-53-96/h1-87H. The van der Waals surface area contributed by atoms with Crippen LogP contribution in [-0.2, 0) is 0 Å². The molecule has 0 N–H and O–H groups in total. The van der Waals surface area contributed by atoms with Crippen LogP contribution in [0.2, 0.25) is 0 Å². The summed E-state index contributed by atoms with van der Waals surface area (Å²) in [5, 5.41) is 0. The molecule has 0 spiro atoms. The quantitative estimate of drug-likeness (QED) is 0.0925. The van der Waals surface area contributed by atoms with E-state index >= 15 is 0 Å². The van der Waals surface area contributed by atoms with E-state index in [1.165, 1.54) is 86.7 Å². The molecule has 22 aromatic carbocycles. The minimum Gasteiger partial charge on any atom is -0.311 e. The van der Waals surface area contributed by atoms with Crippen LogP contribution in [0.15, 0.2) is 538 Å². The number of rotatable bonds is 15. The Morgan fingerprint density at radius 2 is 0.418 bits per heavy atom. The van der Waals surface area contributed by atoms with Gasteiger partial charge in [0.05, 0.1) is 17.1 Å². The van der Waals surface area contributed by atoms with Gasteiger partial charge in [0, 0.05) is 152 Å². The second kappa shape index (κ2) is 33.7. The third-order valence-corrected chi connectivity index (χ3v) is 32.2. The van der Waals surface area contributed by atoms with E-state index in [1.54, 1.807) is 0 Å². The van der Waals surface area contributed by atoms with Crippen LogP contribution >= 0.6 is 11.8 Å². The Kier molecular flexibility index (Phi) is 19.2. The molecule has 678 valence electrons. The van der Waals surface area contributed by atoms with Gasteiger partial charge in [-0.25, -0.2) is 0 Å². The van der Waals surface area contributed by atoms with Gasteiger partial charge in [-0.05, 0) is 289 Å². The lowest BCUT2D eigenvalue weighted by Crippen LogP contribution is -2.65. The molecule has 0 saturated carbocycles. The maximum absolute atomic E-state index is 2.67. The number of benzene rings is 22. The van der Waals surface area contributed by atoms with Gasteiger partial charge in [0.15, 0.2) is 0 Å². The van der Waals surface area contributed by atoms with Crippen molar-refractivity contribution >= 4 is 258 Å². The zero-order valence-electron chi connectivity index (χ0n) is 79.5. The van der Waals surface area contributed by atoms with Crippen LogP contribution in [0.3, 0.4) is 0 Å². The molecule has 0 amide bonds. The summed E-state index contributed by atoms with van der Waals surface area (Å²) in [5.74, 6) is 0. The van der Waals surface area contributed by atoms with Gasteiger partial charge in [-0.1, -0.05) is 333 Å². The van der Waals surface area contributed by atoms with Crippen LogP contribution in [0.4, 0.5) is 154 Å². The summed E-state index contributed by atoms with van der Waals surface area (Å²) in [6, 6.07) is 198. The number of para-hydroxylation sites is 14. The van der Waals surface area contributed by atoms with Gasteiger partial charge in [0.2, 0.25) is 6.71 Å². The van der Waals surface area contributed by atoms with Crippen molar-refractivity contribution in [2.75, 3.05) is 44.1 Å². The van der Waals surface area contributed by atoms with Crippen molar-refractivity contribution in [1.29, 1.82) is 0 Å². The predicted molar refractivity (Wildman–Crippen MR) is 619 cm³/mol. The van der Waals surface area contributed by atoms with Crippen molar-refractivity contribution < 1.29 is 0 Å². The van der Waals surface area contributed by atoms with E-state index in [1.807, 2.05) is 11.8 Å². The molecule has 0 atom stereocenters. The highest BCUT2D eigenvalue weighted by atomic mass is 32.2. The Morgan fingerprint density at radius 3 is 0.808 bits per heavy atom. The van der Waals surface area contributed by atoms with Gasteiger partial charge in [-0.2, -0.15) is 0 Å². The van der Waals surface area contributed by atoms with Crippen LogP contribution in [0.25, 0.3) is 22.3 Å². The summed E-state index contributed by atoms with van der Waals surface area (Å²) in [7, 11) is 0. The molecule has 8 heterocycles. The van der Waals surface area contributed by atoms with E-state index in [2.05, 4.69) is 572 Å². The zero-order valence-corrected chi connectivity index (χ0v) is 80.3. The van der Waals surface area contributed by atoms with Crippen molar-refractivity contribution in [2.45, 2.75) is 9.79 Å². The number of nitrogens with zero attached hydrogens (tertiary/aromatic N) is 9. The third-order valence-electron chi connectivity index (χ3n) is 31.1. The number of hydrogen-bond acceptors (Lipinski definition) is 10. The van der Waals surface area contributed by atoms with Crippen LogP contribution in [-0.4, -0.2) is 26.9 Å². The summed E-state index contributed by atoms with van der Waals surface area (Å²) < 4.78 is 0. The fraction of sp³-hybridized carbons (Fsp3) is 0. The maximum atomic E-state index is 2.67. The number of hydrogen-bond donors (Lipinski definition) is 0. The monoisotopic (exact) mass is 1870 g/mol. The van der Waals surface area contributed by atoms with Crippen LogP contribution < -0.4 is 110 Å². The highest BCUT2D eigenvalue weighted by Gasteiger charge is 2.53. The summed E-state index contributed by atoms with van der Waals surface area (Å²) in [6.07, 6.45) is 0. The molecule has 8 aliphatic rings. The zero-order chi connectivity index (χ0) is 95.7.